The Morgan fingerprint density at radius 1 is 0.914 bits per heavy atom. The molecule has 1 N–H and O–H groups in total. The van der Waals surface area contributed by atoms with E-state index in [-0.39, 0.29) is 18.9 Å². The SMILES string of the molecule is CN(C(=O)OCC1c2ccccc2-c2ccccc21)[C@H](Cc1c(I)ccc2ccccc12)C(=O)O. The van der Waals surface area contributed by atoms with Crippen LogP contribution in [0.3, 0.4) is 0 Å². The number of carbonyl (C=O) groups excluding carboxylic acids is 1. The molecule has 0 bridgehead atoms. The number of aliphatic carboxylic acids is 1. The van der Waals surface area contributed by atoms with Crippen LogP contribution in [0.1, 0.15) is 22.6 Å². The van der Waals surface area contributed by atoms with Crippen molar-refractivity contribution in [1.29, 1.82) is 0 Å². The van der Waals surface area contributed by atoms with Crippen LogP contribution >= 0.6 is 22.6 Å². The van der Waals surface area contributed by atoms with Gasteiger partial charge in [0.15, 0.2) is 0 Å². The van der Waals surface area contributed by atoms with Crippen molar-refractivity contribution in [2.45, 2.75) is 18.4 Å². The molecule has 0 aromatic heterocycles. The molecule has 0 aliphatic heterocycles. The van der Waals surface area contributed by atoms with Gasteiger partial charge in [-0.1, -0.05) is 78.9 Å². The highest BCUT2D eigenvalue weighted by atomic mass is 127. The Morgan fingerprint density at radius 2 is 1.51 bits per heavy atom. The minimum absolute atomic E-state index is 0.0814. The third-order valence-electron chi connectivity index (χ3n) is 6.76. The number of ether oxygens (including phenoxy) is 1. The zero-order valence-corrected chi connectivity index (χ0v) is 21.3. The molecular formula is C29H24INO4. The van der Waals surface area contributed by atoms with Gasteiger partial charge in [-0.25, -0.2) is 9.59 Å². The maximum absolute atomic E-state index is 13.0. The molecular weight excluding hydrogens is 553 g/mol. The number of benzene rings is 4. The Kier molecular flexibility index (Phi) is 6.47. The normalized spacial score (nSPS) is 13.2. The predicted octanol–water partition coefficient (Wildman–Crippen LogP) is 6.32. The Bertz CT molecular complexity index is 1390. The highest BCUT2D eigenvalue weighted by Gasteiger charge is 2.32. The maximum Gasteiger partial charge on any atom is 0.410 e. The molecule has 6 heteroatoms. The number of carboxylic acids is 1. The van der Waals surface area contributed by atoms with Crippen molar-refractivity contribution in [1.82, 2.24) is 4.90 Å². The van der Waals surface area contributed by atoms with Crippen molar-refractivity contribution in [3.63, 3.8) is 0 Å². The second-order valence-electron chi connectivity index (χ2n) is 8.72. The van der Waals surface area contributed by atoms with Crippen LogP contribution in [0.5, 0.6) is 0 Å². The lowest BCUT2D eigenvalue weighted by Gasteiger charge is -2.26. The van der Waals surface area contributed by atoms with Crippen molar-refractivity contribution in [2.24, 2.45) is 0 Å². The number of rotatable bonds is 6. The zero-order valence-electron chi connectivity index (χ0n) is 19.1. The van der Waals surface area contributed by atoms with Crippen molar-refractivity contribution >= 4 is 45.4 Å². The van der Waals surface area contributed by atoms with Crippen LogP contribution < -0.4 is 0 Å². The number of hydrogen-bond donors (Lipinski definition) is 1. The van der Waals surface area contributed by atoms with E-state index in [1.807, 2.05) is 60.7 Å². The molecule has 5 rings (SSSR count). The first-order valence-corrected chi connectivity index (χ1v) is 12.5. The molecule has 176 valence electrons. The summed E-state index contributed by atoms with van der Waals surface area (Å²) in [5.41, 5.74) is 5.43. The Hall–Kier alpha value is -3.39. The minimum atomic E-state index is -1.07. The molecule has 4 aromatic rings. The van der Waals surface area contributed by atoms with E-state index in [0.29, 0.717) is 0 Å². The molecule has 35 heavy (non-hydrogen) atoms. The van der Waals surface area contributed by atoms with Gasteiger partial charge in [-0.15, -0.1) is 0 Å². The number of carbonyl (C=O) groups is 2. The fourth-order valence-corrected chi connectivity index (χ4v) is 5.61. The monoisotopic (exact) mass is 577 g/mol. The number of halogens is 1. The molecule has 1 aliphatic carbocycles. The van der Waals surface area contributed by atoms with E-state index in [9.17, 15) is 14.7 Å². The molecule has 0 radical (unpaired) electrons. The molecule has 0 fully saturated rings. The van der Waals surface area contributed by atoms with Gasteiger partial charge in [-0.05, 0) is 67.2 Å². The van der Waals surface area contributed by atoms with E-state index in [1.54, 1.807) is 0 Å². The first kappa shape index (κ1) is 23.4. The van der Waals surface area contributed by atoms with Gasteiger partial charge in [0.05, 0.1) is 0 Å². The van der Waals surface area contributed by atoms with Gasteiger partial charge >= 0.3 is 12.1 Å². The third kappa shape index (κ3) is 4.38. The molecule has 4 aromatic carbocycles. The van der Waals surface area contributed by atoms with Crippen LogP contribution in [0.15, 0.2) is 84.9 Å². The number of nitrogens with zero attached hydrogens (tertiary/aromatic N) is 1. The molecule has 0 saturated carbocycles. The molecule has 0 spiro atoms. The summed E-state index contributed by atoms with van der Waals surface area (Å²) in [5.74, 6) is -1.15. The summed E-state index contributed by atoms with van der Waals surface area (Å²) in [5, 5.41) is 12.0. The van der Waals surface area contributed by atoms with Gasteiger partial charge in [0, 0.05) is 23.0 Å². The van der Waals surface area contributed by atoms with E-state index in [0.717, 1.165) is 42.2 Å². The lowest BCUT2D eigenvalue weighted by molar-refractivity contribution is -0.142. The van der Waals surface area contributed by atoms with Gasteiger partial charge < -0.3 is 9.84 Å². The predicted molar refractivity (Wildman–Crippen MR) is 145 cm³/mol. The van der Waals surface area contributed by atoms with Crippen molar-refractivity contribution in [2.75, 3.05) is 13.7 Å². The smallest absolute Gasteiger partial charge is 0.410 e. The lowest BCUT2D eigenvalue weighted by Crippen LogP contribution is -2.44. The molecule has 1 atom stereocenters. The molecule has 0 saturated heterocycles. The lowest BCUT2D eigenvalue weighted by atomic mass is 9.98. The summed E-state index contributed by atoms with van der Waals surface area (Å²) in [6.07, 6.45) is -0.454. The average molecular weight is 577 g/mol. The minimum Gasteiger partial charge on any atom is -0.480 e. The first-order valence-electron chi connectivity index (χ1n) is 11.4. The summed E-state index contributed by atoms with van der Waals surface area (Å²) in [6.45, 7) is 0.148. The van der Waals surface area contributed by atoms with Crippen LogP contribution in [0.25, 0.3) is 21.9 Å². The number of hydrogen-bond acceptors (Lipinski definition) is 3. The summed E-state index contributed by atoms with van der Waals surface area (Å²) in [7, 11) is 1.50. The largest absolute Gasteiger partial charge is 0.480 e. The number of fused-ring (bicyclic) bond motifs is 4. The highest BCUT2D eigenvalue weighted by Crippen LogP contribution is 2.44. The molecule has 1 aliphatic rings. The first-order chi connectivity index (χ1) is 17.0. The van der Waals surface area contributed by atoms with E-state index < -0.39 is 18.1 Å². The van der Waals surface area contributed by atoms with E-state index in [1.165, 1.54) is 11.9 Å². The summed E-state index contributed by atoms with van der Waals surface area (Å²) in [6, 6.07) is 27.1. The van der Waals surface area contributed by atoms with Crippen LogP contribution in [0.4, 0.5) is 4.79 Å². The second kappa shape index (κ2) is 9.70. The highest BCUT2D eigenvalue weighted by molar-refractivity contribution is 14.1. The maximum atomic E-state index is 13.0. The Balaban J connectivity index is 1.35. The van der Waals surface area contributed by atoms with Crippen molar-refractivity contribution < 1.29 is 19.4 Å². The molecule has 0 unspecified atom stereocenters. The van der Waals surface area contributed by atoms with Gasteiger partial charge in [-0.3, -0.25) is 4.90 Å². The van der Waals surface area contributed by atoms with E-state index in [4.69, 9.17) is 4.74 Å². The summed E-state index contributed by atoms with van der Waals surface area (Å²) < 4.78 is 6.68. The standard InChI is InChI=1S/C29H24INO4/c1-31(27(28(32)33)16-24-19-9-3-2-8-18(19)14-15-26(24)30)29(34)35-17-25-22-12-6-4-10-20(22)21-11-5-7-13-23(21)25/h2-15,25,27H,16-17H2,1H3,(H,32,33)/t27-/m1/s1. The van der Waals surface area contributed by atoms with E-state index >= 15 is 0 Å². The number of amides is 1. The van der Waals surface area contributed by atoms with Gasteiger partial charge in [0.25, 0.3) is 0 Å². The van der Waals surface area contributed by atoms with Gasteiger partial charge in [-0.2, -0.15) is 0 Å². The summed E-state index contributed by atoms with van der Waals surface area (Å²) >= 11 is 2.22. The van der Waals surface area contributed by atoms with Crippen LogP contribution in [-0.4, -0.2) is 41.8 Å². The molecule has 5 nitrogen and oxygen atoms in total. The third-order valence-corrected chi connectivity index (χ3v) is 7.77. The Morgan fingerprint density at radius 3 is 2.17 bits per heavy atom. The molecule has 1 amide bonds. The fraction of sp³-hybridized carbons (Fsp3) is 0.172. The zero-order chi connectivity index (χ0) is 24.5. The second-order valence-corrected chi connectivity index (χ2v) is 9.88. The average Bonchev–Trinajstić information content (AvgIpc) is 3.20. The van der Waals surface area contributed by atoms with Crippen LogP contribution in [0, 0.1) is 3.57 Å². The fourth-order valence-electron chi connectivity index (χ4n) is 4.92. The topological polar surface area (TPSA) is 66.8 Å². The van der Waals surface area contributed by atoms with Gasteiger partial charge in [0.2, 0.25) is 0 Å². The van der Waals surface area contributed by atoms with Crippen molar-refractivity contribution in [3.05, 3.63) is 105 Å². The number of carboxylic acid groups (broad SMARTS) is 1. The van der Waals surface area contributed by atoms with Gasteiger partial charge in [0.1, 0.15) is 12.6 Å². The van der Waals surface area contributed by atoms with E-state index in [2.05, 4.69) is 46.9 Å². The number of likely N-dealkylation sites (N-methyl/N-ethyl adjacent to an activating group) is 1. The van der Waals surface area contributed by atoms with Crippen LogP contribution in [0.2, 0.25) is 0 Å². The Labute approximate surface area is 217 Å². The van der Waals surface area contributed by atoms with Crippen LogP contribution in [-0.2, 0) is 16.0 Å². The molecule has 0 heterocycles. The van der Waals surface area contributed by atoms with Crippen molar-refractivity contribution in [3.8, 4) is 11.1 Å². The summed E-state index contributed by atoms with van der Waals surface area (Å²) in [4.78, 5) is 26.5. The quantitative estimate of drug-likeness (QED) is 0.273.